The molecule has 2 unspecified atom stereocenters. The number of aliphatic hydroxyl groups excluding tert-OH is 2. The second kappa shape index (κ2) is 9.29. The summed E-state index contributed by atoms with van der Waals surface area (Å²) in [5, 5.41) is 34.3. The molecule has 0 fully saturated rings. The molecule has 3 aliphatic heterocycles. The zero-order valence-corrected chi connectivity index (χ0v) is 17.9. The lowest BCUT2D eigenvalue weighted by Gasteiger charge is -2.28. The van der Waals surface area contributed by atoms with Crippen LogP contribution in [0, 0.1) is 0 Å². The molecule has 3 aliphatic rings. The van der Waals surface area contributed by atoms with E-state index in [2.05, 4.69) is 21.1 Å². The molecule has 9 nitrogen and oxygen atoms in total. The number of dihydropyridines is 1. The lowest BCUT2D eigenvalue weighted by Crippen LogP contribution is -2.47. The molecule has 9 heteroatoms. The van der Waals surface area contributed by atoms with Gasteiger partial charge in [0.2, 0.25) is 0 Å². The van der Waals surface area contributed by atoms with Crippen molar-refractivity contribution in [3.05, 3.63) is 77.3 Å². The fourth-order valence-electron chi connectivity index (χ4n) is 3.67. The minimum Gasteiger partial charge on any atom is -0.490 e. The van der Waals surface area contributed by atoms with Crippen molar-refractivity contribution in [2.45, 2.75) is 32.3 Å². The number of benzene rings is 1. The SMILES string of the molecule is CC1=CC(NC(=O)C2=CNC3C=CC(c4ccccc4OC[C@H](O)CO)=NN23)NC(C)=C1. The second-order valence-corrected chi connectivity index (χ2v) is 7.81. The van der Waals surface area contributed by atoms with Crippen LogP contribution in [0.1, 0.15) is 19.4 Å². The van der Waals surface area contributed by atoms with Crippen molar-refractivity contribution >= 4 is 11.6 Å². The van der Waals surface area contributed by atoms with Gasteiger partial charge in [0.15, 0.2) is 0 Å². The number of fused-ring (bicyclic) bond motifs is 1. The Bertz CT molecular complexity index is 1040. The van der Waals surface area contributed by atoms with Crippen LogP contribution in [0.4, 0.5) is 0 Å². The molecule has 32 heavy (non-hydrogen) atoms. The maximum Gasteiger partial charge on any atom is 0.272 e. The van der Waals surface area contributed by atoms with Gasteiger partial charge >= 0.3 is 0 Å². The molecule has 0 spiro atoms. The van der Waals surface area contributed by atoms with Gasteiger partial charge in [-0.2, -0.15) is 5.10 Å². The van der Waals surface area contributed by atoms with Crippen LogP contribution >= 0.6 is 0 Å². The van der Waals surface area contributed by atoms with E-state index in [0.717, 1.165) is 11.3 Å². The molecule has 5 N–H and O–H groups in total. The highest BCUT2D eigenvalue weighted by Crippen LogP contribution is 2.26. The van der Waals surface area contributed by atoms with Crippen molar-refractivity contribution in [3.8, 4) is 5.75 Å². The maximum absolute atomic E-state index is 13.0. The van der Waals surface area contributed by atoms with Gasteiger partial charge in [0.1, 0.15) is 36.5 Å². The van der Waals surface area contributed by atoms with Gasteiger partial charge in [-0.25, -0.2) is 5.01 Å². The van der Waals surface area contributed by atoms with Crippen molar-refractivity contribution in [1.82, 2.24) is 21.0 Å². The number of nitrogens with zero attached hydrogens (tertiary/aromatic N) is 2. The van der Waals surface area contributed by atoms with E-state index in [1.165, 1.54) is 0 Å². The quantitative estimate of drug-likeness (QED) is 0.425. The number of hydrogen-bond acceptors (Lipinski definition) is 8. The molecule has 1 aromatic carbocycles. The number of aliphatic hydroxyl groups is 2. The van der Waals surface area contributed by atoms with Crippen LogP contribution in [0.25, 0.3) is 0 Å². The van der Waals surface area contributed by atoms with Crippen LogP contribution in [0.5, 0.6) is 5.75 Å². The van der Waals surface area contributed by atoms with Crippen LogP contribution in [-0.2, 0) is 4.79 Å². The Labute approximate surface area is 186 Å². The summed E-state index contributed by atoms with van der Waals surface area (Å²) in [6, 6.07) is 7.30. The molecule has 0 saturated heterocycles. The van der Waals surface area contributed by atoms with Crippen LogP contribution in [0.15, 0.2) is 76.8 Å². The average Bonchev–Trinajstić information content (AvgIpc) is 3.20. The summed E-state index contributed by atoms with van der Waals surface area (Å²) in [5.41, 5.74) is 3.78. The summed E-state index contributed by atoms with van der Waals surface area (Å²) in [6.07, 6.45) is 7.85. The first-order valence-electron chi connectivity index (χ1n) is 10.4. The molecule has 1 aromatic rings. The monoisotopic (exact) mass is 437 g/mol. The number of nitrogens with one attached hydrogen (secondary N) is 3. The van der Waals surface area contributed by atoms with Gasteiger partial charge in [0, 0.05) is 17.5 Å². The number of carbonyl (C=O) groups excluding carboxylic acids is 1. The molecular formula is C23H27N5O4. The van der Waals surface area contributed by atoms with Gasteiger partial charge in [-0.3, -0.25) is 4.79 Å². The number of allylic oxidation sites excluding steroid dienone is 4. The van der Waals surface area contributed by atoms with Gasteiger partial charge in [-0.15, -0.1) is 0 Å². The van der Waals surface area contributed by atoms with Crippen LogP contribution in [0.2, 0.25) is 0 Å². The minimum absolute atomic E-state index is 0.0405. The van der Waals surface area contributed by atoms with Crippen molar-refractivity contribution in [2.75, 3.05) is 13.2 Å². The molecule has 3 heterocycles. The fraction of sp³-hybridized carbons (Fsp3) is 0.304. The van der Waals surface area contributed by atoms with Gasteiger partial charge < -0.3 is 30.9 Å². The number of amides is 1. The molecule has 3 atom stereocenters. The third-order valence-corrected chi connectivity index (χ3v) is 5.13. The van der Waals surface area contributed by atoms with Crippen molar-refractivity contribution in [2.24, 2.45) is 5.10 Å². The zero-order chi connectivity index (χ0) is 22.7. The van der Waals surface area contributed by atoms with E-state index < -0.39 is 6.10 Å². The highest BCUT2D eigenvalue weighted by Gasteiger charge is 2.32. The lowest BCUT2D eigenvalue weighted by molar-refractivity contribution is -0.119. The molecule has 0 radical (unpaired) electrons. The smallest absolute Gasteiger partial charge is 0.272 e. The van der Waals surface area contributed by atoms with Gasteiger partial charge in [0.05, 0.1) is 12.3 Å². The van der Waals surface area contributed by atoms with Crippen LogP contribution in [0.3, 0.4) is 0 Å². The Balaban J connectivity index is 1.51. The minimum atomic E-state index is -0.971. The molecule has 0 saturated carbocycles. The first-order chi connectivity index (χ1) is 15.4. The van der Waals surface area contributed by atoms with E-state index in [9.17, 15) is 9.90 Å². The van der Waals surface area contributed by atoms with E-state index in [1.807, 2.05) is 56.4 Å². The number of ether oxygens (including phenoxy) is 1. The molecule has 4 rings (SSSR count). The van der Waals surface area contributed by atoms with E-state index in [4.69, 9.17) is 9.84 Å². The Morgan fingerprint density at radius 3 is 2.94 bits per heavy atom. The third-order valence-electron chi connectivity index (χ3n) is 5.13. The van der Waals surface area contributed by atoms with E-state index >= 15 is 0 Å². The van der Waals surface area contributed by atoms with E-state index in [1.54, 1.807) is 17.3 Å². The maximum atomic E-state index is 13.0. The van der Waals surface area contributed by atoms with Crippen LogP contribution in [-0.4, -0.2) is 58.5 Å². The summed E-state index contributed by atoms with van der Waals surface area (Å²) in [7, 11) is 0. The molecule has 0 bridgehead atoms. The Hall–Kier alpha value is -3.56. The van der Waals surface area contributed by atoms with Gasteiger partial charge in [-0.05, 0) is 55.9 Å². The topological polar surface area (TPSA) is 118 Å². The van der Waals surface area contributed by atoms with Crippen molar-refractivity contribution < 1.29 is 19.7 Å². The second-order valence-electron chi connectivity index (χ2n) is 7.81. The van der Waals surface area contributed by atoms with Crippen LogP contribution < -0.4 is 20.7 Å². The Morgan fingerprint density at radius 2 is 2.16 bits per heavy atom. The Morgan fingerprint density at radius 1 is 1.34 bits per heavy atom. The Kier molecular flexibility index (Phi) is 6.29. The number of hydrogen-bond donors (Lipinski definition) is 5. The summed E-state index contributed by atoms with van der Waals surface area (Å²) >= 11 is 0. The van der Waals surface area contributed by atoms with Crippen molar-refractivity contribution in [1.29, 1.82) is 0 Å². The largest absolute Gasteiger partial charge is 0.490 e. The number of hydrazone groups is 1. The summed E-state index contributed by atoms with van der Waals surface area (Å²) in [4.78, 5) is 13.0. The predicted molar refractivity (Wildman–Crippen MR) is 120 cm³/mol. The standard InChI is InChI=1S/C23H27N5O4/c1-14-9-15(2)25-21(10-14)26-23(31)19-11-24-22-8-7-18(27-28(19)22)17-5-3-4-6-20(17)32-13-16(30)12-29/h3-11,16,21-22,24-25,29-30H,12-13H2,1-2H3,(H,26,31)/t16-,21?,22?/m1/s1. The third kappa shape index (κ3) is 4.68. The highest BCUT2D eigenvalue weighted by atomic mass is 16.5. The molecular weight excluding hydrogens is 410 g/mol. The van der Waals surface area contributed by atoms with Gasteiger partial charge in [-0.1, -0.05) is 12.1 Å². The first-order valence-corrected chi connectivity index (χ1v) is 10.4. The number of para-hydroxylation sites is 1. The van der Waals surface area contributed by atoms with E-state index in [0.29, 0.717) is 22.7 Å². The number of carbonyl (C=O) groups is 1. The highest BCUT2D eigenvalue weighted by molar-refractivity contribution is 6.11. The lowest BCUT2D eigenvalue weighted by atomic mass is 10.1. The fourth-order valence-corrected chi connectivity index (χ4v) is 3.67. The van der Waals surface area contributed by atoms with Crippen molar-refractivity contribution in [3.63, 3.8) is 0 Å². The van der Waals surface area contributed by atoms with Gasteiger partial charge in [0.25, 0.3) is 5.91 Å². The molecule has 0 aliphatic carbocycles. The normalized spacial score (nSPS) is 22.4. The van der Waals surface area contributed by atoms with E-state index in [-0.39, 0.29) is 31.5 Å². The first kappa shape index (κ1) is 21.7. The molecule has 0 aromatic heterocycles. The zero-order valence-electron chi connectivity index (χ0n) is 17.9. The summed E-state index contributed by atoms with van der Waals surface area (Å²) in [6.45, 7) is 3.52. The average molecular weight is 438 g/mol. The summed E-state index contributed by atoms with van der Waals surface area (Å²) < 4.78 is 5.68. The predicted octanol–water partition coefficient (Wildman–Crippen LogP) is 0.661. The number of rotatable bonds is 7. The summed E-state index contributed by atoms with van der Waals surface area (Å²) in [5.74, 6) is 0.267. The molecule has 168 valence electrons. The molecule has 1 amide bonds.